The summed E-state index contributed by atoms with van der Waals surface area (Å²) in [6, 6.07) is 6.84. The maximum atomic E-state index is 12.3. The number of rotatable bonds is 6. The Morgan fingerprint density at radius 1 is 1.31 bits per heavy atom. The molecule has 0 aliphatic rings. The topological polar surface area (TPSA) is 81.9 Å². The Hall–Kier alpha value is -2.93. The number of carbonyl (C=O) groups excluding carboxylic acids is 1. The molecule has 0 saturated heterocycles. The molecule has 0 radical (unpaired) electrons. The summed E-state index contributed by atoms with van der Waals surface area (Å²) < 4.78 is 7.30. The minimum atomic E-state index is -0.482. The van der Waals surface area contributed by atoms with Crippen LogP contribution in [0.1, 0.15) is 24.2 Å². The van der Waals surface area contributed by atoms with E-state index in [0.717, 1.165) is 11.3 Å². The Bertz CT molecular complexity index is 895. The van der Waals surface area contributed by atoms with E-state index < -0.39 is 6.04 Å². The predicted molar refractivity (Wildman–Crippen MR) is 97.1 cm³/mol. The van der Waals surface area contributed by atoms with Crippen molar-refractivity contribution in [2.45, 2.75) is 26.4 Å². The summed E-state index contributed by atoms with van der Waals surface area (Å²) in [6.07, 6.45) is 6.37. The van der Waals surface area contributed by atoms with Crippen LogP contribution in [0.4, 0.5) is 0 Å². The van der Waals surface area contributed by atoms with Gasteiger partial charge in [0.2, 0.25) is 11.8 Å². The molecule has 3 aromatic rings. The van der Waals surface area contributed by atoms with E-state index in [2.05, 4.69) is 20.4 Å². The number of ether oxygens (including phenoxy) is 1. The van der Waals surface area contributed by atoms with E-state index in [0.29, 0.717) is 16.7 Å². The first kappa shape index (κ1) is 17.9. The van der Waals surface area contributed by atoms with Crippen molar-refractivity contribution in [3.63, 3.8) is 0 Å². The molecule has 3 aromatic heterocycles. The molecule has 1 atom stereocenters. The second-order valence-corrected chi connectivity index (χ2v) is 6.17. The number of pyridine rings is 2. The van der Waals surface area contributed by atoms with Crippen LogP contribution >= 0.6 is 11.6 Å². The monoisotopic (exact) mass is 371 g/mol. The van der Waals surface area contributed by atoms with Crippen molar-refractivity contribution < 1.29 is 9.53 Å². The second-order valence-electron chi connectivity index (χ2n) is 5.74. The van der Waals surface area contributed by atoms with E-state index in [1.807, 2.05) is 25.1 Å². The number of halogens is 1. The van der Waals surface area contributed by atoms with Gasteiger partial charge in [0, 0.05) is 30.2 Å². The number of nitrogens with one attached hydrogen (secondary N) is 1. The van der Waals surface area contributed by atoms with Crippen molar-refractivity contribution in [2.24, 2.45) is 0 Å². The molecule has 3 rings (SSSR count). The van der Waals surface area contributed by atoms with Gasteiger partial charge >= 0.3 is 0 Å². The highest BCUT2D eigenvalue weighted by Crippen LogP contribution is 2.22. The first-order valence-electron chi connectivity index (χ1n) is 8.04. The fraction of sp³-hybridized carbons (Fsp3) is 0.222. The largest absolute Gasteiger partial charge is 0.437 e. The molecule has 0 aliphatic carbocycles. The van der Waals surface area contributed by atoms with Gasteiger partial charge in [-0.05, 0) is 32.0 Å². The first-order chi connectivity index (χ1) is 12.5. The summed E-state index contributed by atoms with van der Waals surface area (Å²) in [5.74, 6) is 0.825. The Labute approximate surface area is 156 Å². The summed E-state index contributed by atoms with van der Waals surface area (Å²) >= 11 is 5.84. The molecule has 0 spiro atoms. The van der Waals surface area contributed by atoms with E-state index in [4.69, 9.17) is 16.3 Å². The van der Waals surface area contributed by atoms with Gasteiger partial charge in [0.05, 0.1) is 17.4 Å². The highest BCUT2D eigenvalue weighted by atomic mass is 35.5. The van der Waals surface area contributed by atoms with Crippen LogP contribution in [0.25, 0.3) is 0 Å². The van der Waals surface area contributed by atoms with Gasteiger partial charge in [-0.1, -0.05) is 17.7 Å². The van der Waals surface area contributed by atoms with E-state index in [-0.39, 0.29) is 12.5 Å². The molecule has 0 bridgehead atoms. The summed E-state index contributed by atoms with van der Waals surface area (Å²) in [6.45, 7) is 3.93. The third-order valence-electron chi connectivity index (χ3n) is 3.75. The van der Waals surface area contributed by atoms with Crippen molar-refractivity contribution >= 4 is 17.5 Å². The summed E-state index contributed by atoms with van der Waals surface area (Å²) in [7, 11) is 0. The van der Waals surface area contributed by atoms with E-state index in [1.54, 1.807) is 31.6 Å². The average molecular weight is 372 g/mol. The molecule has 134 valence electrons. The molecule has 7 nitrogen and oxygen atoms in total. The van der Waals surface area contributed by atoms with Gasteiger partial charge < -0.3 is 10.1 Å². The zero-order valence-electron chi connectivity index (χ0n) is 14.4. The summed E-state index contributed by atoms with van der Waals surface area (Å²) in [5, 5.41) is 7.40. The van der Waals surface area contributed by atoms with E-state index in [1.165, 1.54) is 10.9 Å². The van der Waals surface area contributed by atoms with Crippen molar-refractivity contribution in [1.29, 1.82) is 0 Å². The lowest BCUT2D eigenvalue weighted by Crippen LogP contribution is -2.31. The van der Waals surface area contributed by atoms with Crippen LogP contribution in [0.2, 0.25) is 5.02 Å². The average Bonchev–Trinajstić information content (AvgIpc) is 3.08. The molecule has 0 fully saturated rings. The van der Waals surface area contributed by atoms with Gasteiger partial charge in [0.1, 0.15) is 11.8 Å². The van der Waals surface area contributed by atoms with Crippen molar-refractivity contribution in [3.8, 4) is 11.6 Å². The van der Waals surface area contributed by atoms with Crippen LogP contribution in [-0.2, 0) is 11.3 Å². The highest BCUT2D eigenvalue weighted by Gasteiger charge is 2.16. The quantitative estimate of drug-likeness (QED) is 0.718. The van der Waals surface area contributed by atoms with Crippen LogP contribution in [0.5, 0.6) is 11.6 Å². The number of hydrogen-bond acceptors (Lipinski definition) is 5. The lowest BCUT2D eigenvalue weighted by molar-refractivity contribution is -0.124. The van der Waals surface area contributed by atoms with Crippen LogP contribution in [0, 0.1) is 6.92 Å². The maximum absolute atomic E-state index is 12.3. The molecule has 26 heavy (non-hydrogen) atoms. The summed E-state index contributed by atoms with van der Waals surface area (Å²) in [4.78, 5) is 20.8. The second kappa shape index (κ2) is 7.97. The number of aromatic nitrogens is 4. The zero-order valence-corrected chi connectivity index (χ0v) is 15.1. The van der Waals surface area contributed by atoms with Gasteiger partial charge in [-0.25, -0.2) is 4.98 Å². The molecule has 0 aromatic carbocycles. The summed E-state index contributed by atoms with van der Waals surface area (Å²) in [5.41, 5.74) is 1.66. The smallest absolute Gasteiger partial charge is 0.244 e. The molecule has 8 heteroatoms. The van der Waals surface area contributed by atoms with Crippen LogP contribution in [0.15, 0.2) is 49.1 Å². The molecule has 3 heterocycles. The third-order valence-corrected chi connectivity index (χ3v) is 3.94. The standard InChI is InChI=1S/C18H18ClN5O2/c1-12-5-6-16(10-21-12)26-18-14(4-3-7-20-18)8-22-17(25)13(2)24-11-15(19)9-23-24/h3-7,9-11,13H,8H2,1-2H3,(H,22,25)/t13-/m1/s1. The Morgan fingerprint density at radius 2 is 2.15 bits per heavy atom. The van der Waals surface area contributed by atoms with Crippen LogP contribution in [-0.4, -0.2) is 25.7 Å². The minimum absolute atomic E-state index is 0.184. The number of nitrogens with zero attached hydrogens (tertiary/aromatic N) is 4. The molecular formula is C18H18ClN5O2. The van der Waals surface area contributed by atoms with Gasteiger partial charge in [-0.2, -0.15) is 5.10 Å². The molecular weight excluding hydrogens is 354 g/mol. The lowest BCUT2D eigenvalue weighted by atomic mass is 10.2. The Morgan fingerprint density at radius 3 is 2.85 bits per heavy atom. The zero-order chi connectivity index (χ0) is 18.5. The van der Waals surface area contributed by atoms with Gasteiger partial charge in [-0.15, -0.1) is 0 Å². The molecule has 0 unspecified atom stereocenters. The molecule has 1 amide bonds. The van der Waals surface area contributed by atoms with Crippen LogP contribution in [0.3, 0.4) is 0 Å². The van der Waals surface area contributed by atoms with Crippen LogP contribution < -0.4 is 10.1 Å². The van der Waals surface area contributed by atoms with Crippen molar-refractivity contribution in [2.75, 3.05) is 0 Å². The maximum Gasteiger partial charge on any atom is 0.244 e. The number of carbonyl (C=O) groups is 1. The van der Waals surface area contributed by atoms with Crippen molar-refractivity contribution in [1.82, 2.24) is 25.1 Å². The van der Waals surface area contributed by atoms with Gasteiger partial charge in [-0.3, -0.25) is 14.5 Å². The SMILES string of the molecule is Cc1ccc(Oc2ncccc2CNC(=O)[C@@H](C)n2cc(Cl)cn2)cn1. The number of hydrogen-bond donors (Lipinski definition) is 1. The van der Waals surface area contributed by atoms with Gasteiger partial charge in [0.15, 0.2) is 0 Å². The first-order valence-corrected chi connectivity index (χ1v) is 8.42. The lowest BCUT2D eigenvalue weighted by Gasteiger charge is -2.14. The highest BCUT2D eigenvalue weighted by molar-refractivity contribution is 6.30. The van der Waals surface area contributed by atoms with Crippen molar-refractivity contribution in [3.05, 3.63) is 65.3 Å². The molecule has 0 aliphatic heterocycles. The Kier molecular flexibility index (Phi) is 5.48. The number of amides is 1. The predicted octanol–water partition coefficient (Wildman–Crippen LogP) is 3.30. The minimum Gasteiger partial charge on any atom is -0.437 e. The fourth-order valence-electron chi connectivity index (χ4n) is 2.25. The van der Waals surface area contributed by atoms with Gasteiger partial charge in [0.25, 0.3) is 0 Å². The number of aryl methyl sites for hydroxylation is 1. The fourth-order valence-corrected chi connectivity index (χ4v) is 2.40. The third kappa shape index (κ3) is 4.37. The Balaban J connectivity index is 1.66. The normalized spacial score (nSPS) is 11.8. The van der Waals surface area contributed by atoms with E-state index >= 15 is 0 Å². The molecule has 1 N–H and O–H groups in total. The molecule has 0 saturated carbocycles. The van der Waals surface area contributed by atoms with E-state index in [9.17, 15) is 4.79 Å².